The zero-order valence-corrected chi connectivity index (χ0v) is 40.6. The van der Waals surface area contributed by atoms with Crippen molar-refractivity contribution in [3.05, 3.63) is 186 Å². The van der Waals surface area contributed by atoms with Crippen molar-refractivity contribution in [2.75, 3.05) is 9.80 Å². The fourth-order valence-corrected chi connectivity index (χ4v) is 8.69. The zero-order chi connectivity index (χ0) is 43.8. The molecule has 3 heterocycles. The van der Waals surface area contributed by atoms with Crippen LogP contribution in [0.15, 0.2) is 140 Å². The molecule has 1 aliphatic heterocycles. The summed E-state index contributed by atoms with van der Waals surface area (Å²) in [6.45, 7) is 27.0. The van der Waals surface area contributed by atoms with E-state index in [0.717, 1.165) is 61.5 Å². The second-order valence-corrected chi connectivity index (χ2v) is 20.4. The number of benzene rings is 6. The molecule has 5 nitrogen and oxygen atoms in total. The minimum atomic E-state index is -0.396. The van der Waals surface area contributed by atoms with Gasteiger partial charge in [0.1, 0.15) is 5.82 Å². The van der Waals surface area contributed by atoms with E-state index in [0.29, 0.717) is 11.5 Å². The fraction of sp³-hybridized carbons (Fsp3) is 0.263. The summed E-state index contributed by atoms with van der Waals surface area (Å²) in [5.74, 6) is 2.10. The Balaban J connectivity index is 0.00000544. The number of nitrogens with zero attached hydrogens (tertiary/aromatic N) is 4. The number of aromatic nitrogens is 2. The molecule has 0 aliphatic carbocycles. The van der Waals surface area contributed by atoms with Crippen LogP contribution >= 0.6 is 0 Å². The summed E-state index contributed by atoms with van der Waals surface area (Å²) in [5, 5.41) is 2.29. The monoisotopic (exact) mass is 1010 g/mol. The van der Waals surface area contributed by atoms with E-state index in [9.17, 15) is 0 Å². The van der Waals surface area contributed by atoms with Crippen molar-refractivity contribution >= 4 is 44.6 Å². The Bertz CT molecular complexity index is 2960. The molecule has 9 rings (SSSR count). The first-order valence-electron chi connectivity index (χ1n) is 21.8. The molecule has 8 aromatic rings. The van der Waals surface area contributed by atoms with Gasteiger partial charge in [-0.25, -0.2) is 4.98 Å². The Morgan fingerprint density at radius 2 is 1.14 bits per heavy atom. The van der Waals surface area contributed by atoms with Crippen molar-refractivity contribution in [1.29, 1.82) is 0 Å². The average Bonchev–Trinajstić information content (AvgIpc) is 3.79. The van der Waals surface area contributed by atoms with Gasteiger partial charge in [-0.05, 0) is 86.2 Å². The summed E-state index contributed by atoms with van der Waals surface area (Å²) < 4.78 is 9.37. The molecule has 0 spiro atoms. The van der Waals surface area contributed by atoms with E-state index in [4.69, 9.17) is 9.72 Å². The van der Waals surface area contributed by atoms with Gasteiger partial charge in [0.15, 0.2) is 0 Å². The van der Waals surface area contributed by atoms with E-state index >= 15 is 0 Å². The van der Waals surface area contributed by atoms with Crippen LogP contribution in [0.3, 0.4) is 0 Å². The Morgan fingerprint density at radius 3 is 1.84 bits per heavy atom. The van der Waals surface area contributed by atoms with Crippen LogP contribution in [0.5, 0.6) is 11.5 Å². The minimum absolute atomic E-state index is 0. The maximum atomic E-state index is 7.11. The molecule has 0 atom stereocenters. The number of rotatable bonds is 7. The number of hydrogen-bond donors (Lipinski definition) is 0. The Kier molecular flexibility index (Phi) is 11.3. The van der Waals surface area contributed by atoms with E-state index in [2.05, 4.69) is 243 Å². The van der Waals surface area contributed by atoms with E-state index in [-0.39, 0.29) is 37.3 Å². The van der Waals surface area contributed by atoms with Crippen LogP contribution in [0.1, 0.15) is 104 Å². The standard InChI is InChI=1S/C57H57N4O.Pt/c1-54(2,3)39-22-19-23-42(30-39)59-37-60(50-27-18-17-26-49(50)59)43-31-41(56(7,8)9)32-44(34-43)62-45-35-47(57(10,11)38-20-13-12-14-21-38)53-46-24-15-16-25-48(46)61(51(53)36-45)52-33-40(28-29-58-52)55(4,5)6;/h12-33,35,37H,1-11H3;/q-3;. The third-order valence-corrected chi connectivity index (χ3v) is 12.5. The molecule has 0 saturated carbocycles. The van der Waals surface area contributed by atoms with E-state index in [1.807, 2.05) is 6.20 Å². The maximum absolute atomic E-state index is 7.11. The van der Waals surface area contributed by atoms with Crippen LogP contribution in [0, 0.1) is 18.8 Å². The molecular formula is C57H57N4OPt-3. The van der Waals surface area contributed by atoms with Gasteiger partial charge in [-0.1, -0.05) is 160 Å². The molecule has 0 N–H and O–H groups in total. The van der Waals surface area contributed by atoms with Crippen LogP contribution in [-0.4, -0.2) is 9.55 Å². The normalized spacial score (nSPS) is 13.4. The Labute approximate surface area is 389 Å². The maximum Gasteiger partial charge on any atom is 0.135 e. The molecule has 324 valence electrons. The van der Waals surface area contributed by atoms with Gasteiger partial charge in [-0.3, -0.25) is 0 Å². The van der Waals surface area contributed by atoms with Gasteiger partial charge >= 0.3 is 0 Å². The predicted molar refractivity (Wildman–Crippen MR) is 259 cm³/mol. The first-order valence-corrected chi connectivity index (χ1v) is 21.8. The summed E-state index contributed by atoms with van der Waals surface area (Å²) in [6, 6.07) is 55.3. The smallest absolute Gasteiger partial charge is 0.135 e. The largest absolute Gasteiger partial charge is 0.509 e. The molecule has 0 amide bonds. The van der Waals surface area contributed by atoms with Crippen LogP contribution < -0.4 is 14.5 Å². The molecule has 63 heavy (non-hydrogen) atoms. The van der Waals surface area contributed by atoms with Gasteiger partial charge in [0, 0.05) is 61.3 Å². The van der Waals surface area contributed by atoms with Crippen LogP contribution in [0.25, 0.3) is 27.6 Å². The van der Waals surface area contributed by atoms with Gasteiger partial charge in [-0.15, -0.1) is 53.8 Å². The van der Waals surface area contributed by atoms with Crippen molar-refractivity contribution in [3.63, 3.8) is 0 Å². The SMILES string of the molecule is CC(C)(C)c1cc(Oc2[c-]c3c(c(C(C)(C)c4ccccc4)c2)c2ccccc2n3-c2cc(C(C)(C)C)ccn2)[c-]c(N2[CH-]N(c3cccc(C(C)(C)C)c3)c3ccccc32)c1.[Pt]. The summed E-state index contributed by atoms with van der Waals surface area (Å²) in [5.41, 5.74) is 11.6. The molecule has 2 aromatic heterocycles. The van der Waals surface area contributed by atoms with E-state index < -0.39 is 5.41 Å². The zero-order valence-electron chi connectivity index (χ0n) is 38.4. The molecule has 0 fully saturated rings. The predicted octanol–water partition coefficient (Wildman–Crippen LogP) is 15.2. The first kappa shape index (κ1) is 44.0. The summed E-state index contributed by atoms with van der Waals surface area (Å²) >= 11 is 0. The number of hydrogen-bond acceptors (Lipinski definition) is 4. The molecule has 6 heteroatoms. The number of anilines is 4. The second-order valence-electron chi connectivity index (χ2n) is 20.4. The van der Waals surface area contributed by atoms with Gasteiger partial charge in [0.2, 0.25) is 0 Å². The first-order chi connectivity index (χ1) is 29.4. The average molecular weight is 1010 g/mol. The topological polar surface area (TPSA) is 33.5 Å². The van der Waals surface area contributed by atoms with Crippen molar-refractivity contribution in [3.8, 4) is 17.3 Å². The molecule has 0 bridgehead atoms. The molecule has 0 saturated heterocycles. The third-order valence-electron chi connectivity index (χ3n) is 12.5. The summed E-state index contributed by atoms with van der Waals surface area (Å²) in [4.78, 5) is 9.52. The molecule has 6 aromatic carbocycles. The summed E-state index contributed by atoms with van der Waals surface area (Å²) in [7, 11) is 0. The summed E-state index contributed by atoms with van der Waals surface area (Å²) in [6.07, 6.45) is 1.93. The quantitative estimate of drug-likeness (QED) is 0.149. The van der Waals surface area contributed by atoms with Gasteiger partial charge in [0.25, 0.3) is 0 Å². The molecule has 0 radical (unpaired) electrons. The number of para-hydroxylation sites is 3. The number of ether oxygens (including phenoxy) is 1. The van der Waals surface area contributed by atoms with Gasteiger partial charge in [0.05, 0.1) is 0 Å². The molecular weight excluding hydrogens is 952 g/mol. The molecule has 1 aliphatic rings. The van der Waals surface area contributed by atoms with Crippen molar-refractivity contribution in [2.24, 2.45) is 0 Å². The fourth-order valence-electron chi connectivity index (χ4n) is 8.69. The third kappa shape index (κ3) is 8.22. The minimum Gasteiger partial charge on any atom is -0.509 e. The van der Waals surface area contributed by atoms with Crippen molar-refractivity contribution in [2.45, 2.75) is 97.8 Å². The Hall–Kier alpha value is -5.64. The van der Waals surface area contributed by atoms with Crippen LogP contribution in [-0.2, 0) is 42.7 Å². The van der Waals surface area contributed by atoms with Crippen LogP contribution in [0.2, 0.25) is 0 Å². The van der Waals surface area contributed by atoms with E-state index in [1.165, 1.54) is 16.7 Å². The number of pyridine rings is 1. The second kappa shape index (κ2) is 16.2. The van der Waals surface area contributed by atoms with Gasteiger partial charge < -0.3 is 19.1 Å². The molecule has 0 unspecified atom stereocenters. The van der Waals surface area contributed by atoms with Crippen LogP contribution in [0.4, 0.5) is 22.7 Å². The Morgan fingerprint density at radius 1 is 0.540 bits per heavy atom. The van der Waals surface area contributed by atoms with Crippen molar-refractivity contribution < 1.29 is 25.8 Å². The van der Waals surface area contributed by atoms with E-state index in [1.54, 1.807) is 0 Å². The van der Waals surface area contributed by atoms with Gasteiger partial charge in [-0.2, -0.15) is 0 Å². The van der Waals surface area contributed by atoms with Crippen molar-refractivity contribution in [1.82, 2.24) is 9.55 Å². The number of fused-ring (bicyclic) bond motifs is 4.